The van der Waals surface area contributed by atoms with E-state index in [0.717, 1.165) is 38.5 Å². The van der Waals surface area contributed by atoms with E-state index >= 15 is 0 Å². The Kier molecular flexibility index (Phi) is 3.41. The van der Waals surface area contributed by atoms with E-state index in [-0.39, 0.29) is 17.9 Å². The largest absolute Gasteiger partial charge is 0.353 e. The first kappa shape index (κ1) is 10.7. The molecule has 0 aromatic heterocycles. The average molecular weight is 208 g/mol. The summed E-state index contributed by atoms with van der Waals surface area (Å²) in [6, 6.07) is 0.603. The van der Waals surface area contributed by atoms with Crippen LogP contribution < -0.4 is 11.1 Å². The Morgan fingerprint density at radius 2 is 2.13 bits per heavy atom. The monoisotopic (exact) mass is 208 g/mol. The molecule has 3 nitrogen and oxygen atoms in total. The van der Waals surface area contributed by atoms with E-state index in [1.807, 2.05) is 0 Å². The van der Waals surface area contributed by atoms with Gasteiger partial charge in [-0.3, -0.25) is 4.79 Å². The number of hydrogen-bond acceptors (Lipinski definition) is 2. The van der Waals surface area contributed by atoms with E-state index in [0.29, 0.717) is 6.04 Å². The van der Waals surface area contributed by atoms with Crippen molar-refractivity contribution in [2.45, 2.75) is 50.6 Å². The molecule has 84 valence electrons. The summed E-state index contributed by atoms with van der Waals surface area (Å²) in [6.45, 7) is 0. The van der Waals surface area contributed by atoms with Gasteiger partial charge in [-0.25, -0.2) is 0 Å². The van der Waals surface area contributed by atoms with E-state index in [4.69, 9.17) is 5.73 Å². The normalized spacial score (nSPS) is 35.4. The van der Waals surface area contributed by atoms with Crippen LogP contribution in [0, 0.1) is 5.92 Å². The Bertz CT molecular complexity index is 262. The maximum atomic E-state index is 11.9. The van der Waals surface area contributed by atoms with Gasteiger partial charge in [0.05, 0.1) is 0 Å². The quantitative estimate of drug-likeness (QED) is 0.673. The van der Waals surface area contributed by atoms with Gasteiger partial charge in [0.1, 0.15) is 0 Å². The molecule has 2 aliphatic carbocycles. The highest BCUT2D eigenvalue weighted by Crippen LogP contribution is 2.24. The minimum absolute atomic E-state index is 0.172. The van der Waals surface area contributed by atoms with E-state index < -0.39 is 0 Å². The molecule has 3 unspecified atom stereocenters. The third-order valence-electron chi connectivity index (χ3n) is 3.46. The molecular weight excluding hydrogens is 188 g/mol. The Morgan fingerprint density at radius 3 is 2.73 bits per heavy atom. The molecular formula is C12H20N2O. The van der Waals surface area contributed by atoms with Crippen molar-refractivity contribution < 1.29 is 4.79 Å². The first-order valence-electron chi connectivity index (χ1n) is 5.96. The van der Waals surface area contributed by atoms with Gasteiger partial charge < -0.3 is 11.1 Å². The van der Waals surface area contributed by atoms with Crippen LogP contribution in [0.1, 0.15) is 38.5 Å². The molecule has 0 bridgehead atoms. The Balaban J connectivity index is 1.79. The molecule has 0 aliphatic heterocycles. The zero-order chi connectivity index (χ0) is 10.7. The van der Waals surface area contributed by atoms with Crippen LogP contribution in [0.15, 0.2) is 12.2 Å². The summed E-state index contributed by atoms with van der Waals surface area (Å²) >= 11 is 0. The van der Waals surface area contributed by atoms with Crippen LogP contribution in [0.4, 0.5) is 0 Å². The summed E-state index contributed by atoms with van der Waals surface area (Å²) in [7, 11) is 0. The molecule has 0 aromatic rings. The average Bonchev–Trinajstić information content (AvgIpc) is 2.66. The highest BCUT2D eigenvalue weighted by atomic mass is 16.1. The maximum Gasteiger partial charge on any atom is 0.223 e. The van der Waals surface area contributed by atoms with Crippen molar-refractivity contribution in [3.8, 4) is 0 Å². The molecule has 0 heterocycles. The first-order chi connectivity index (χ1) is 7.25. The fourth-order valence-corrected chi connectivity index (χ4v) is 2.50. The van der Waals surface area contributed by atoms with Crippen molar-refractivity contribution in [2.75, 3.05) is 0 Å². The van der Waals surface area contributed by atoms with Crippen molar-refractivity contribution in [3.05, 3.63) is 12.2 Å². The molecule has 1 saturated carbocycles. The van der Waals surface area contributed by atoms with Crippen LogP contribution >= 0.6 is 0 Å². The highest BCUT2D eigenvalue weighted by molar-refractivity contribution is 5.79. The number of rotatable bonds is 2. The number of carbonyl (C=O) groups is 1. The molecule has 1 fully saturated rings. The van der Waals surface area contributed by atoms with Gasteiger partial charge in [0, 0.05) is 18.0 Å². The van der Waals surface area contributed by atoms with Crippen molar-refractivity contribution >= 4 is 5.91 Å². The number of carbonyl (C=O) groups excluding carboxylic acids is 1. The first-order valence-corrected chi connectivity index (χ1v) is 5.96. The number of nitrogens with one attached hydrogen (secondary N) is 1. The molecule has 3 N–H and O–H groups in total. The number of amides is 1. The van der Waals surface area contributed by atoms with E-state index in [1.54, 1.807) is 0 Å². The minimum atomic E-state index is 0.172. The fourth-order valence-electron chi connectivity index (χ4n) is 2.50. The number of allylic oxidation sites excluding steroid dienone is 1. The van der Waals surface area contributed by atoms with Gasteiger partial charge in [-0.15, -0.1) is 0 Å². The molecule has 15 heavy (non-hydrogen) atoms. The molecule has 0 spiro atoms. The van der Waals surface area contributed by atoms with Gasteiger partial charge in [0.15, 0.2) is 0 Å². The van der Waals surface area contributed by atoms with Crippen LogP contribution in [0.3, 0.4) is 0 Å². The standard InChI is InChI=1S/C12H20N2O/c13-10-7-6-9(8-10)12(15)14-11-4-2-1-3-5-11/h1-2,9-11H,3-8,13H2,(H,14,15). The lowest BCUT2D eigenvalue weighted by atomic mass is 10.00. The SMILES string of the molecule is NC1CCC(C(=O)NC2CC=CCC2)C1. The van der Waals surface area contributed by atoms with E-state index in [1.165, 1.54) is 0 Å². The second-order valence-corrected chi connectivity index (χ2v) is 4.76. The summed E-state index contributed by atoms with van der Waals surface area (Å²) < 4.78 is 0. The predicted molar refractivity (Wildman–Crippen MR) is 60.2 cm³/mol. The topological polar surface area (TPSA) is 55.1 Å². The van der Waals surface area contributed by atoms with Crippen LogP contribution in [-0.2, 0) is 4.79 Å². The lowest BCUT2D eigenvalue weighted by molar-refractivity contribution is -0.125. The molecule has 1 amide bonds. The fraction of sp³-hybridized carbons (Fsp3) is 0.750. The van der Waals surface area contributed by atoms with Crippen molar-refractivity contribution in [1.29, 1.82) is 0 Å². The number of nitrogens with two attached hydrogens (primary N) is 1. The van der Waals surface area contributed by atoms with Gasteiger partial charge in [-0.1, -0.05) is 12.2 Å². The second-order valence-electron chi connectivity index (χ2n) is 4.76. The predicted octanol–water partition coefficient (Wildman–Crippen LogP) is 1.34. The van der Waals surface area contributed by atoms with Crippen LogP contribution in [-0.4, -0.2) is 18.0 Å². The molecule has 0 aromatic carbocycles. The second kappa shape index (κ2) is 4.79. The lowest BCUT2D eigenvalue weighted by Gasteiger charge is -2.21. The summed E-state index contributed by atoms with van der Waals surface area (Å²) in [6.07, 6.45) is 10.4. The molecule has 0 saturated heterocycles. The summed E-state index contributed by atoms with van der Waals surface area (Å²) in [4.78, 5) is 11.9. The third-order valence-corrected chi connectivity index (χ3v) is 3.46. The smallest absolute Gasteiger partial charge is 0.223 e. The van der Waals surface area contributed by atoms with Crippen LogP contribution in [0.5, 0.6) is 0 Å². The third kappa shape index (κ3) is 2.81. The Morgan fingerprint density at radius 1 is 1.27 bits per heavy atom. The van der Waals surface area contributed by atoms with Crippen LogP contribution in [0.25, 0.3) is 0 Å². The van der Waals surface area contributed by atoms with Gasteiger partial charge >= 0.3 is 0 Å². The van der Waals surface area contributed by atoms with Crippen molar-refractivity contribution in [3.63, 3.8) is 0 Å². The van der Waals surface area contributed by atoms with Gasteiger partial charge in [-0.05, 0) is 38.5 Å². The molecule has 0 radical (unpaired) electrons. The van der Waals surface area contributed by atoms with E-state index in [9.17, 15) is 4.79 Å². The zero-order valence-corrected chi connectivity index (χ0v) is 9.11. The lowest BCUT2D eigenvalue weighted by Crippen LogP contribution is -2.39. The Hall–Kier alpha value is -0.830. The number of hydrogen-bond donors (Lipinski definition) is 2. The summed E-state index contributed by atoms with van der Waals surface area (Å²) in [5.41, 5.74) is 5.80. The van der Waals surface area contributed by atoms with Gasteiger partial charge in [-0.2, -0.15) is 0 Å². The molecule has 2 rings (SSSR count). The minimum Gasteiger partial charge on any atom is -0.353 e. The molecule has 2 aliphatic rings. The zero-order valence-electron chi connectivity index (χ0n) is 9.11. The molecule has 3 heteroatoms. The van der Waals surface area contributed by atoms with Crippen molar-refractivity contribution in [1.82, 2.24) is 5.32 Å². The summed E-state index contributed by atoms with van der Waals surface area (Å²) in [5.74, 6) is 0.397. The van der Waals surface area contributed by atoms with E-state index in [2.05, 4.69) is 17.5 Å². The van der Waals surface area contributed by atoms with Gasteiger partial charge in [0.2, 0.25) is 5.91 Å². The van der Waals surface area contributed by atoms with Gasteiger partial charge in [0.25, 0.3) is 0 Å². The highest BCUT2D eigenvalue weighted by Gasteiger charge is 2.28. The maximum absolute atomic E-state index is 11.9. The molecule has 3 atom stereocenters. The summed E-state index contributed by atoms with van der Waals surface area (Å²) in [5, 5.41) is 3.14. The van der Waals surface area contributed by atoms with Crippen LogP contribution in [0.2, 0.25) is 0 Å². The van der Waals surface area contributed by atoms with Crippen molar-refractivity contribution in [2.24, 2.45) is 11.7 Å². The Labute approximate surface area is 91.1 Å².